The molecule has 0 aliphatic heterocycles. The third kappa shape index (κ3) is 4.85. The van der Waals surface area contributed by atoms with Gasteiger partial charge in [0.15, 0.2) is 6.61 Å². The van der Waals surface area contributed by atoms with Gasteiger partial charge >= 0.3 is 5.97 Å². The van der Waals surface area contributed by atoms with Crippen LogP contribution in [0.4, 0.5) is 0 Å². The molecule has 26 heavy (non-hydrogen) atoms. The molecule has 0 atom stereocenters. The van der Waals surface area contributed by atoms with Gasteiger partial charge in [-0.15, -0.1) is 11.3 Å². The Morgan fingerprint density at radius 1 is 1.15 bits per heavy atom. The highest BCUT2D eigenvalue weighted by atomic mass is 32.1. The Kier molecular flexibility index (Phi) is 6.28. The lowest BCUT2D eigenvalue weighted by Gasteiger charge is -2.07. The normalized spacial score (nSPS) is 13.4. The molecule has 0 unspecified atom stereocenters. The minimum atomic E-state index is -0.417. The van der Waals surface area contributed by atoms with E-state index in [1.54, 1.807) is 7.11 Å². The highest BCUT2D eigenvalue weighted by Gasteiger charge is 2.18. The average molecular weight is 373 g/mol. The van der Waals surface area contributed by atoms with Gasteiger partial charge in [0.25, 0.3) is 5.91 Å². The molecule has 0 saturated carbocycles. The van der Waals surface area contributed by atoms with Gasteiger partial charge in [0.1, 0.15) is 10.6 Å². The smallest absolute Gasteiger partial charge is 0.348 e. The van der Waals surface area contributed by atoms with Crippen molar-refractivity contribution in [3.63, 3.8) is 0 Å². The van der Waals surface area contributed by atoms with E-state index in [9.17, 15) is 9.59 Å². The van der Waals surface area contributed by atoms with Crippen molar-refractivity contribution in [1.29, 1.82) is 0 Å². The summed E-state index contributed by atoms with van der Waals surface area (Å²) in [4.78, 5) is 26.0. The molecular weight excluding hydrogens is 350 g/mol. The molecular formula is C20H23NO4S. The Balaban J connectivity index is 1.47. The van der Waals surface area contributed by atoms with Crippen LogP contribution in [0, 0.1) is 0 Å². The summed E-state index contributed by atoms with van der Waals surface area (Å²) in [5, 5.41) is 2.75. The van der Waals surface area contributed by atoms with Crippen LogP contribution < -0.4 is 10.1 Å². The Hall–Kier alpha value is -2.34. The molecule has 1 aliphatic rings. The van der Waals surface area contributed by atoms with Gasteiger partial charge in [-0.05, 0) is 55.0 Å². The average Bonchev–Trinajstić information content (AvgIpc) is 2.95. The molecule has 1 N–H and O–H groups in total. The van der Waals surface area contributed by atoms with E-state index in [4.69, 9.17) is 9.47 Å². The largest absolute Gasteiger partial charge is 0.497 e. The molecule has 0 radical (unpaired) electrons. The van der Waals surface area contributed by atoms with Gasteiger partial charge in [-0.25, -0.2) is 4.79 Å². The summed E-state index contributed by atoms with van der Waals surface area (Å²) in [5.74, 6) is -0.000433. The second-order valence-electron chi connectivity index (χ2n) is 6.32. The minimum absolute atomic E-state index is 0.272. The monoisotopic (exact) mass is 373 g/mol. The first-order chi connectivity index (χ1) is 12.7. The summed E-state index contributed by atoms with van der Waals surface area (Å²) in [6.45, 7) is 0.0895. The van der Waals surface area contributed by atoms with Crippen LogP contribution >= 0.6 is 11.3 Å². The maximum Gasteiger partial charge on any atom is 0.348 e. The molecule has 2 aromatic rings. The van der Waals surface area contributed by atoms with E-state index in [2.05, 4.69) is 5.32 Å². The number of thiophene rings is 1. The van der Waals surface area contributed by atoms with Crippen LogP contribution in [-0.2, 0) is 28.9 Å². The molecule has 138 valence electrons. The maximum atomic E-state index is 12.2. The third-order valence-electron chi connectivity index (χ3n) is 4.41. The standard InChI is InChI=1S/C20H23NO4S/c1-24-16-8-5-6-14(10-16)12-21-19(22)13-25-20(23)18-11-15-7-3-2-4-9-17(15)26-18/h5-6,8,10-11H,2-4,7,9,12-13H2,1H3,(H,21,22). The summed E-state index contributed by atoms with van der Waals surface area (Å²) in [6, 6.07) is 9.39. The number of hydrogen-bond acceptors (Lipinski definition) is 5. The topological polar surface area (TPSA) is 64.6 Å². The van der Waals surface area contributed by atoms with Gasteiger partial charge in [0.2, 0.25) is 0 Å². The Bertz CT molecular complexity index is 760. The molecule has 1 heterocycles. The molecule has 3 rings (SSSR count). The number of hydrogen-bond donors (Lipinski definition) is 1. The van der Waals surface area contributed by atoms with E-state index in [0.29, 0.717) is 11.4 Å². The number of aryl methyl sites for hydroxylation is 2. The molecule has 0 saturated heterocycles. The summed E-state index contributed by atoms with van der Waals surface area (Å²) < 4.78 is 10.3. The first kappa shape index (κ1) is 18.5. The lowest BCUT2D eigenvalue weighted by Crippen LogP contribution is -2.28. The molecule has 1 aliphatic carbocycles. The number of esters is 1. The van der Waals surface area contributed by atoms with E-state index in [1.165, 1.54) is 41.0 Å². The van der Waals surface area contributed by atoms with Crippen LogP contribution in [0.25, 0.3) is 0 Å². The van der Waals surface area contributed by atoms with Crippen LogP contribution in [-0.4, -0.2) is 25.6 Å². The summed E-state index contributed by atoms with van der Waals surface area (Å²) in [6.07, 6.45) is 5.66. The number of ether oxygens (including phenoxy) is 2. The number of benzene rings is 1. The minimum Gasteiger partial charge on any atom is -0.497 e. The quantitative estimate of drug-likeness (QED) is 0.622. The van der Waals surface area contributed by atoms with Crippen molar-refractivity contribution in [2.75, 3.05) is 13.7 Å². The molecule has 6 heteroatoms. The zero-order chi connectivity index (χ0) is 18.4. The van der Waals surface area contributed by atoms with Crippen LogP contribution in [0.2, 0.25) is 0 Å². The Morgan fingerprint density at radius 2 is 2.00 bits per heavy atom. The zero-order valence-electron chi connectivity index (χ0n) is 14.9. The number of fused-ring (bicyclic) bond motifs is 1. The molecule has 0 spiro atoms. The molecule has 1 amide bonds. The predicted octanol–water partition coefficient (Wildman–Crippen LogP) is 3.50. The number of carbonyl (C=O) groups excluding carboxylic acids is 2. The molecule has 1 aromatic carbocycles. The van der Waals surface area contributed by atoms with Gasteiger partial charge in [0, 0.05) is 11.4 Å². The van der Waals surface area contributed by atoms with E-state index >= 15 is 0 Å². The highest BCUT2D eigenvalue weighted by molar-refractivity contribution is 7.14. The van der Waals surface area contributed by atoms with Crippen LogP contribution in [0.5, 0.6) is 5.75 Å². The van der Waals surface area contributed by atoms with Gasteiger partial charge in [-0.1, -0.05) is 18.6 Å². The molecule has 5 nitrogen and oxygen atoms in total. The highest BCUT2D eigenvalue weighted by Crippen LogP contribution is 2.29. The third-order valence-corrected chi connectivity index (χ3v) is 5.62. The second kappa shape index (κ2) is 8.85. The summed E-state index contributed by atoms with van der Waals surface area (Å²) in [7, 11) is 1.60. The van der Waals surface area contributed by atoms with Crippen LogP contribution in [0.3, 0.4) is 0 Å². The summed E-state index contributed by atoms with van der Waals surface area (Å²) >= 11 is 1.50. The van der Waals surface area contributed by atoms with Crippen molar-refractivity contribution in [1.82, 2.24) is 5.32 Å². The van der Waals surface area contributed by atoms with Gasteiger partial charge in [-0.2, -0.15) is 0 Å². The van der Waals surface area contributed by atoms with Crippen molar-refractivity contribution in [2.24, 2.45) is 0 Å². The van der Waals surface area contributed by atoms with E-state index in [-0.39, 0.29) is 12.5 Å². The number of methoxy groups -OCH3 is 1. The number of rotatable bonds is 6. The lowest BCUT2D eigenvalue weighted by atomic mass is 10.1. The molecule has 1 aromatic heterocycles. The second-order valence-corrected chi connectivity index (χ2v) is 7.46. The van der Waals surface area contributed by atoms with Crippen molar-refractivity contribution in [3.05, 3.63) is 51.2 Å². The van der Waals surface area contributed by atoms with Crippen molar-refractivity contribution < 1.29 is 19.1 Å². The van der Waals surface area contributed by atoms with Crippen molar-refractivity contribution in [3.8, 4) is 5.75 Å². The first-order valence-corrected chi connectivity index (χ1v) is 9.65. The number of carbonyl (C=O) groups is 2. The first-order valence-electron chi connectivity index (χ1n) is 8.84. The van der Waals surface area contributed by atoms with E-state index < -0.39 is 5.97 Å². The van der Waals surface area contributed by atoms with Crippen LogP contribution in [0.15, 0.2) is 30.3 Å². The number of amides is 1. The molecule has 0 bridgehead atoms. The Labute approximate surface area is 157 Å². The fraction of sp³-hybridized carbons (Fsp3) is 0.400. The van der Waals surface area contributed by atoms with E-state index in [1.807, 2.05) is 30.3 Å². The van der Waals surface area contributed by atoms with Crippen LogP contribution in [0.1, 0.15) is 44.9 Å². The van der Waals surface area contributed by atoms with Gasteiger partial charge in [-0.3, -0.25) is 4.79 Å². The Morgan fingerprint density at radius 3 is 2.85 bits per heavy atom. The lowest BCUT2D eigenvalue weighted by molar-refractivity contribution is -0.124. The fourth-order valence-electron chi connectivity index (χ4n) is 3.00. The van der Waals surface area contributed by atoms with Crippen molar-refractivity contribution in [2.45, 2.75) is 38.6 Å². The van der Waals surface area contributed by atoms with Crippen molar-refractivity contribution >= 4 is 23.2 Å². The predicted molar refractivity (Wildman–Crippen MR) is 101 cm³/mol. The van der Waals surface area contributed by atoms with E-state index in [0.717, 1.165) is 24.2 Å². The van der Waals surface area contributed by atoms with Gasteiger partial charge < -0.3 is 14.8 Å². The fourth-order valence-corrected chi connectivity index (χ4v) is 4.15. The maximum absolute atomic E-state index is 12.2. The summed E-state index contributed by atoms with van der Waals surface area (Å²) in [5.41, 5.74) is 2.19. The number of nitrogens with one attached hydrogen (secondary N) is 1. The van der Waals surface area contributed by atoms with Gasteiger partial charge in [0.05, 0.1) is 7.11 Å². The molecule has 0 fully saturated rings. The SMILES string of the molecule is COc1cccc(CNC(=O)COC(=O)c2cc3c(s2)CCCCC3)c1. The zero-order valence-corrected chi connectivity index (χ0v) is 15.7.